The number of anilines is 1. The second kappa shape index (κ2) is 6.42. The average molecular weight is 326 g/mol. The number of carbonyl (C=O) groups is 1. The van der Waals surface area contributed by atoms with Gasteiger partial charge in [-0.2, -0.15) is 0 Å². The summed E-state index contributed by atoms with van der Waals surface area (Å²) < 4.78 is 0.835. The van der Waals surface area contributed by atoms with E-state index in [9.17, 15) is 9.90 Å². The maximum absolute atomic E-state index is 11.2. The maximum atomic E-state index is 11.2. The summed E-state index contributed by atoms with van der Waals surface area (Å²) in [6.45, 7) is 3.23. The molecule has 1 aliphatic rings. The van der Waals surface area contributed by atoms with Crippen LogP contribution in [0, 0.1) is 0 Å². The first-order chi connectivity index (χ1) is 9.11. The number of hydrogen-bond donors (Lipinski definition) is 1. The second-order valence-corrected chi connectivity index (χ2v) is 6.02. The Kier molecular flexibility index (Phi) is 4.86. The van der Waals surface area contributed by atoms with Gasteiger partial charge in [-0.1, -0.05) is 35.7 Å². The number of hydrogen-bond acceptors (Lipinski definition) is 2. The van der Waals surface area contributed by atoms with Crippen LogP contribution < -0.4 is 4.90 Å². The fraction of sp³-hybridized carbons (Fsp3) is 0.533. The molecular formula is C15H20BrNO2. The Labute approximate surface area is 122 Å². The predicted octanol–water partition coefficient (Wildman–Crippen LogP) is 4.31. The molecule has 1 fully saturated rings. The summed E-state index contributed by atoms with van der Waals surface area (Å²) in [4.78, 5) is 13.5. The lowest BCUT2D eigenvalue weighted by molar-refractivity contribution is 0.0697. The first-order valence-electron chi connectivity index (χ1n) is 6.92. The Morgan fingerprint density at radius 3 is 2.84 bits per heavy atom. The summed E-state index contributed by atoms with van der Waals surface area (Å²) in [7, 11) is 0. The summed E-state index contributed by atoms with van der Waals surface area (Å²) in [5.74, 6) is -0.870. The molecule has 0 aromatic heterocycles. The topological polar surface area (TPSA) is 40.5 Å². The van der Waals surface area contributed by atoms with Gasteiger partial charge in [-0.3, -0.25) is 0 Å². The van der Waals surface area contributed by atoms with Crippen molar-refractivity contribution in [2.24, 2.45) is 0 Å². The number of aromatic carboxylic acids is 1. The molecule has 0 bridgehead atoms. The highest BCUT2D eigenvalue weighted by atomic mass is 79.9. The molecule has 1 aromatic carbocycles. The molecule has 1 saturated heterocycles. The molecule has 104 valence electrons. The third-order valence-electron chi connectivity index (χ3n) is 3.81. The number of carboxylic acid groups (broad SMARTS) is 1. The number of rotatable bonds is 3. The van der Waals surface area contributed by atoms with Crippen LogP contribution in [0.1, 0.15) is 49.4 Å². The lowest BCUT2D eigenvalue weighted by Gasteiger charge is -2.32. The minimum atomic E-state index is -0.870. The quantitative estimate of drug-likeness (QED) is 0.900. The van der Waals surface area contributed by atoms with Gasteiger partial charge in [0.05, 0.1) is 5.56 Å². The van der Waals surface area contributed by atoms with Crippen LogP contribution in [-0.4, -0.2) is 23.7 Å². The van der Waals surface area contributed by atoms with Gasteiger partial charge in [0.2, 0.25) is 0 Å². The molecule has 1 heterocycles. The average Bonchev–Trinajstić information content (AvgIpc) is 2.62. The van der Waals surface area contributed by atoms with Gasteiger partial charge >= 0.3 is 5.97 Å². The third kappa shape index (κ3) is 3.50. The summed E-state index contributed by atoms with van der Waals surface area (Å²) in [6, 6.07) is 6.00. The standard InChI is InChI=1S/C15H20BrNO2/c1-2-13-6-4-3-5-7-17(13)14-9-11(15(18)19)8-12(16)10-14/h8-10,13H,2-7H2,1H3,(H,18,19). The maximum Gasteiger partial charge on any atom is 0.335 e. The molecule has 0 saturated carbocycles. The highest BCUT2D eigenvalue weighted by Crippen LogP contribution is 2.29. The van der Waals surface area contributed by atoms with Crippen LogP contribution >= 0.6 is 15.9 Å². The number of halogens is 1. The molecule has 1 aromatic rings. The monoisotopic (exact) mass is 325 g/mol. The zero-order valence-corrected chi connectivity index (χ0v) is 12.8. The van der Waals surface area contributed by atoms with Crippen molar-refractivity contribution < 1.29 is 9.90 Å². The largest absolute Gasteiger partial charge is 0.478 e. The van der Waals surface area contributed by atoms with Crippen molar-refractivity contribution >= 4 is 27.6 Å². The first-order valence-corrected chi connectivity index (χ1v) is 7.71. The summed E-state index contributed by atoms with van der Waals surface area (Å²) >= 11 is 3.42. The Morgan fingerprint density at radius 1 is 1.37 bits per heavy atom. The smallest absolute Gasteiger partial charge is 0.335 e. The van der Waals surface area contributed by atoms with Crippen LogP contribution in [0.3, 0.4) is 0 Å². The van der Waals surface area contributed by atoms with Gasteiger partial charge in [0, 0.05) is 22.7 Å². The van der Waals surface area contributed by atoms with Crippen molar-refractivity contribution in [1.82, 2.24) is 0 Å². The lowest BCUT2D eigenvalue weighted by atomic mass is 10.1. The van der Waals surface area contributed by atoms with Crippen LogP contribution in [-0.2, 0) is 0 Å². The van der Waals surface area contributed by atoms with Crippen LogP contribution in [0.4, 0.5) is 5.69 Å². The SMILES string of the molecule is CCC1CCCCCN1c1cc(Br)cc(C(=O)O)c1. The van der Waals surface area contributed by atoms with E-state index in [4.69, 9.17) is 0 Å². The van der Waals surface area contributed by atoms with Gasteiger partial charge in [-0.15, -0.1) is 0 Å². The zero-order chi connectivity index (χ0) is 13.8. The Bertz CT molecular complexity index is 461. The van der Waals surface area contributed by atoms with Crippen LogP contribution in [0.5, 0.6) is 0 Å². The lowest BCUT2D eigenvalue weighted by Crippen LogP contribution is -2.34. The minimum Gasteiger partial charge on any atom is -0.478 e. The van der Waals surface area contributed by atoms with Crippen molar-refractivity contribution in [2.45, 2.75) is 45.1 Å². The van der Waals surface area contributed by atoms with Gasteiger partial charge in [-0.05, 0) is 37.5 Å². The van der Waals surface area contributed by atoms with Crippen molar-refractivity contribution in [3.8, 4) is 0 Å². The van der Waals surface area contributed by atoms with E-state index in [1.165, 1.54) is 25.7 Å². The molecule has 0 spiro atoms. The van der Waals surface area contributed by atoms with E-state index in [-0.39, 0.29) is 0 Å². The van der Waals surface area contributed by atoms with E-state index in [2.05, 4.69) is 27.8 Å². The van der Waals surface area contributed by atoms with Crippen molar-refractivity contribution in [3.63, 3.8) is 0 Å². The number of nitrogens with zero attached hydrogens (tertiary/aromatic N) is 1. The second-order valence-electron chi connectivity index (χ2n) is 5.11. The minimum absolute atomic E-state index is 0.350. The highest BCUT2D eigenvalue weighted by molar-refractivity contribution is 9.10. The molecule has 19 heavy (non-hydrogen) atoms. The van der Waals surface area contributed by atoms with E-state index < -0.39 is 5.97 Å². The van der Waals surface area contributed by atoms with E-state index in [1.807, 2.05) is 6.07 Å². The summed E-state index contributed by atoms with van der Waals surface area (Å²) in [6.07, 6.45) is 6.04. The van der Waals surface area contributed by atoms with Gasteiger partial charge in [0.1, 0.15) is 0 Å². The molecule has 0 amide bonds. The molecule has 3 nitrogen and oxygen atoms in total. The Hall–Kier alpha value is -1.03. The molecule has 0 radical (unpaired) electrons. The zero-order valence-electron chi connectivity index (χ0n) is 11.2. The van der Waals surface area contributed by atoms with Crippen LogP contribution in [0.15, 0.2) is 22.7 Å². The fourth-order valence-corrected chi connectivity index (χ4v) is 3.29. The molecule has 2 rings (SSSR count). The summed E-state index contributed by atoms with van der Waals surface area (Å²) in [5.41, 5.74) is 1.38. The molecule has 4 heteroatoms. The van der Waals surface area contributed by atoms with Crippen molar-refractivity contribution in [2.75, 3.05) is 11.4 Å². The molecular weight excluding hydrogens is 306 g/mol. The molecule has 1 N–H and O–H groups in total. The van der Waals surface area contributed by atoms with E-state index in [1.54, 1.807) is 12.1 Å². The molecule has 1 aliphatic heterocycles. The van der Waals surface area contributed by atoms with Crippen molar-refractivity contribution in [3.05, 3.63) is 28.2 Å². The Balaban J connectivity index is 2.34. The molecule has 1 unspecified atom stereocenters. The van der Waals surface area contributed by atoms with Gasteiger partial charge in [0.15, 0.2) is 0 Å². The van der Waals surface area contributed by atoms with E-state index >= 15 is 0 Å². The first kappa shape index (κ1) is 14.4. The van der Waals surface area contributed by atoms with Crippen LogP contribution in [0.25, 0.3) is 0 Å². The van der Waals surface area contributed by atoms with Gasteiger partial charge < -0.3 is 10.0 Å². The van der Waals surface area contributed by atoms with E-state index in [0.29, 0.717) is 11.6 Å². The van der Waals surface area contributed by atoms with Crippen LogP contribution in [0.2, 0.25) is 0 Å². The predicted molar refractivity (Wildman–Crippen MR) is 81.0 cm³/mol. The highest BCUT2D eigenvalue weighted by Gasteiger charge is 2.21. The fourth-order valence-electron chi connectivity index (χ4n) is 2.81. The summed E-state index contributed by atoms with van der Waals surface area (Å²) in [5, 5.41) is 9.17. The number of benzene rings is 1. The van der Waals surface area contributed by atoms with Gasteiger partial charge in [-0.25, -0.2) is 4.79 Å². The number of carboxylic acids is 1. The molecule has 1 atom stereocenters. The third-order valence-corrected chi connectivity index (χ3v) is 4.27. The van der Waals surface area contributed by atoms with Gasteiger partial charge in [0.25, 0.3) is 0 Å². The van der Waals surface area contributed by atoms with Crippen molar-refractivity contribution in [1.29, 1.82) is 0 Å². The molecule has 0 aliphatic carbocycles. The normalized spacial score (nSPS) is 20.1. The van der Waals surface area contributed by atoms with E-state index in [0.717, 1.165) is 23.1 Å². The Morgan fingerprint density at radius 2 is 2.16 bits per heavy atom.